The lowest BCUT2D eigenvalue weighted by molar-refractivity contribution is -0.110. The van der Waals surface area contributed by atoms with Gasteiger partial charge in [-0.2, -0.15) is 0 Å². The van der Waals surface area contributed by atoms with E-state index in [0.717, 1.165) is 92.0 Å². The SMILES string of the molecule is O=CC1CCN(C2CCC(Nc3c(C(=O)C4CC4)cnc4ccc(-c5cc(Cl)c(O)c(Cl)c5)cc34)CC2)C1. The molecule has 3 aliphatic rings. The van der Waals surface area contributed by atoms with Gasteiger partial charge >= 0.3 is 0 Å². The Balaban J connectivity index is 1.31. The Morgan fingerprint density at radius 3 is 2.39 bits per heavy atom. The van der Waals surface area contributed by atoms with E-state index < -0.39 is 0 Å². The highest BCUT2D eigenvalue weighted by atomic mass is 35.5. The number of carbonyl (C=O) groups is 2. The van der Waals surface area contributed by atoms with E-state index in [1.54, 1.807) is 18.3 Å². The van der Waals surface area contributed by atoms with Crippen LogP contribution in [0.3, 0.4) is 0 Å². The zero-order chi connectivity index (χ0) is 26.4. The highest BCUT2D eigenvalue weighted by Gasteiger charge is 2.34. The van der Waals surface area contributed by atoms with E-state index >= 15 is 0 Å². The molecule has 2 heterocycles. The van der Waals surface area contributed by atoms with Crippen molar-refractivity contribution in [1.82, 2.24) is 9.88 Å². The van der Waals surface area contributed by atoms with Crippen LogP contribution in [0.2, 0.25) is 10.0 Å². The van der Waals surface area contributed by atoms with Crippen molar-refractivity contribution in [2.24, 2.45) is 11.8 Å². The number of hydrogen-bond acceptors (Lipinski definition) is 6. The van der Waals surface area contributed by atoms with Crippen LogP contribution in [0.1, 0.15) is 55.3 Å². The summed E-state index contributed by atoms with van der Waals surface area (Å²) in [6.45, 7) is 1.89. The minimum Gasteiger partial charge on any atom is -0.505 e. The molecule has 2 N–H and O–H groups in total. The first-order chi connectivity index (χ1) is 18.4. The molecule has 2 aliphatic carbocycles. The van der Waals surface area contributed by atoms with Crippen LogP contribution in [0.4, 0.5) is 5.69 Å². The van der Waals surface area contributed by atoms with Gasteiger partial charge in [0.25, 0.3) is 0 Å². The normalized spacial score (nSPS) is 24.0. The Morgan fingerprint density at radius 2 is 1.74 bits per heavy atom. The highest BCUT2D eigenvalue weighted by Crippen LogP contribution is 2.41. The van der Waals surface area contributed by atoms with Gasteiger partial charge in [0.2, 0.25) is 0 Å². The number of nitrogens with one attached hydrogen (secondary N) is 1. The van der Waals surface area contributed by atoms with Gasteiger partial charge in [0.05, 0.1) is 26.8 Å². The third-order valence-electron chi connectivity index (χ3n) is 8.44. The number of anilines is 1. The van der Waals surface area contributed by atoms with Crippen LogP contribution in [0.15, 0.2) is 36.5 Å². The van der Waals surface area contributed by atoms with Gasteiger partial charge in [0, 0.05) is 42.0 Å². The van der Waals surface area contributed by atoms with Crippen molar-refractivity contribution in [3.8, 4) is 16.9 Å². The van der Waals surface area contributed by atoms with Crippen molar-refractivity contribution in [2.75, 3.05) is 18.4 Å². The molecule has 6 nitrogen and oxygen atoms in total. The largest absolute Gasteiger partial charge is 0.505 e. The second-order valence-electron chi connectivity index (χ2n) is 11.0. The van der Waals surface area contributed by atoms with Crippen molar-refractivity contribution < 1.29 is 14.7 Å². The van der Waals surface area contributed by atoms with Crippen LogP contribution in [0.25, 0.3) is 22.0 Å². The third-order valence-corrected chi connectivity index (χ3v) is 9.02. The lowest BCUT2D eigenvalue weighted by Crippen LogP contribution is -2.39. The molecule has 3 fully saturated rings. The van der Waals surface area contributed by atoms with Crippen LogP contribution in [0.5, 0.6) is 5.75 Å². The molecule has 0 bridgehead atoms. The second kappa shape index (κ2) is 10.5. The second-order valence-corrected chi connectivity index (χ2v) is 11.8. The molecule has 8 heteroatoms. The number of hydrogen-bond donors (Lipinski definition) is 2. The fourth-order valence-electron chi connectivity index (χ4n) is 6.06. The van der Waals surface area contributed by atoms with E-state index in [0.29, 0.717) is 11.6 Å². The van der Waals surface area contributed by atoms with E-state index in [4.69, 9.17) is 23.2 Å². The number of benzene rings is 2. The Bertz CT molecular complexity index is 1380. The maximum absolute atomic E-state index is 13.3. The predicted molar refractivity (Wildman–Crippen MR) is 151 cm³/mol. The smallest absolute Gasteiger partial charge is 0.169 e. The number of fused-ring (bicyclic) bond motifs is 1. The summed E-state index contributed by atoms with van der Waals surface area (Å²) in [5.41, 5.74) is 3.99. The van der Waals surface area contributed by atoms with Crippen molar-refractivity contribution in [3.05, 3.63) is 52.1 Å². The molecule has 1 saturated heterocycles. The zero-order valence-corrected chi connectivity index (χ0v) is 22.6. The maximum atomic E-state index is 13.3. The summed E-state index contributed by atoms with van der Waals surface area (Å²) in [5.74, 6) is 0.293. The van der Waals surface area contributed by atoms with Crippen LogP contribution in [-0.2, 0) is 4.79 Å². The molecule has 3 aromatic rings. The number of ketones is 1. The molecule has 38 heavy (non-hydrogen) atoms. The van der Waals surface area contributed by atoms with Gasteiger partial charge in [-0.05, 0) is 86.9 Å². The van der Waals surface area contributed by atoms with Crippen molar-refractivity contribution >= 4 is 51.9 Å². The summed E-state index contributed by atoms with van der Waals surface area (Å²) in [7, 11) is 0. The van der Waals surface area contributed by atoms with E-state index in [1.807, 2.05) is 18.2 Å². The Kier molecular flexibility index (Phi) is 7.06. The number of halogens is 2. The molecule has 1 atom stereocenters. The van der Waals surface area contributed by atoms with Crippen molar-refractivity contribution in [3.63, 3.8) is 0 Å². The quantitative estimate of drug-likeness (QED) is 0.249. The summed E-state index contributed by atoms with van der Waals surface area (Å²) < 4.78 is 0. The molecule has 198 valence electrons. The number of carbonyl (C=O) groups excluding carboxylic acids is 2. The molecular formula is C30H31Cl2N3O3. The first kappa shape index (κ1) is 25.6. The van der Waals surface area contributed by atoms with E-state index in [2.05, 4.69) is 15.2 Å². The average Bonchev–Trinajstić information content (AvgIpc) is 3.68. The first-order valence-electron chi connectivity index (χ1n) is 13.5. The van der Waals surface area contributed by atoms with Gasteiger partial charge in [-0.3, -0.25) is 14.7 Å². The van der Waals surface area contributed by atoms with Crippen molar-refractivity contribution in [1.29, 1.82) is 0 Å². The number of aldehydes is 1. The zero-order valence-electron chi connectivity index (χ0n) is 21.1. The molecule has 1 unspecified atom stereocenters. The topological polar surface area (TPSA) is 82.5 Å². The number of phenolic OH excluding ortho intramolecular Hbond substituents is 1. The molecule has 2 saturated carbocycles. The number of nitrogens with zero attached hydrogens (tertiary/aromatic N) is 2. The van der Waals surface area contributed by atoms with E-state index in [-0.39, 0.29) is 39.5 Å². The number of phenols is 1. The molecule has 6 rings (SSSR count). The van der Waals surface area contributed by atoms with Crippen LogP contribution in [0, 0.1) is 11.8 Å². The van der Waals surface area contributed by atoms with Crippen molar-refractivity contribution in [2.45, 2.75) is 57.0 Å². The number of aromatic hydroxyl groups is 1. The van der Waals surface area contributed by atoms with Gasteiger partial charge < -0.3 is 15.2 Å². The van der Waals surface area contributed by atoms with Gasteiger partial charge in [0.1, 0.15) is 6.29 Å². The minimum atomic E-state index is -0.134. The van der Waals surface area contributed by atoms with Gasteiger partial charge in [-0.25, -0.2) is 0 Å². The van der Waals surface area contributed by atoms with Gasteiger partial charge in [-0.1, -0.05) is 29.3 Å². The Labute approximate surface area is 232 Å². The van der Waals surface area contributed by atoms with Crippen LogP contribution in [-0.4, -0.2) is 52.2 Å². The highest BCUT2D eigenvalue weighted by molar-refractivity contribution is 6.37. The Hall–Kier alpha value is -2.67. The third kappa shape index (κ3) is 5.02. The summed E-state index contributed by atoms with van der Waals surface area (Å²) in [6, 6.07) is 10.1. The molecule has 0 spiro atoms. The summed E-state index contributed by atoms with van der Waals surface area (Å²) in [5, 5.41) is 15.0. The molecule has 2 aromatic carbocycles. The van der Waals surface area contributed by atoms with E-state index in [1.165, 1.54) is 0 Å². The number of likely N-dealkylation sites (tertiary alicyclic amines) is 1. The molecule has 0 amide bonds. The number of Topliss-reactive ketones (excluding diaryl/α,β-unsaturated/α-hetero) is 1. The minimum absolute atomic E-state index is 0.0874. The molecule has 0 radical (unpaired) electrons. The summed E-state index contributed by atoms with van der Waals surface area (Å²) in [4.78, 5) is 31.6. The van der Waals surface area contributed by atoms with Crippen LogP contribution < -0.4 is 5.32 Å². The van der Waals surface area contributed by atoms with Gasteiger partial charge in [0.15, 0.2) is 11.5 Å². The number of pyridine rings is 1. The predicted octanol–water partition coefficient (Wildman–Crippen LogP) is 6.75. The fraction of sp³-hybridized carbons (Fsp3) is 0.433. The molecule has 1 aromatic heterocycles. The maximum Gasteiger partial charge on any atom is 0.169 e. The van der Waals surface area contributed by atoms with Gasteiger partial charge in [-0.15, -0.1) is 0 Å². The number of aromatic nitrogens is 1. The summed E-state index contributed by atoms with van der Waals surface area (Å²) in [6.07, 6.45) is 9.85. The Morgan fingerprint density at radius 1 is 1.00 bits per heavy atom. The number of rotatable bonds is 7. The monoisotopic (exact) mass is 551 g/mol. The fourth-order valence-corrected chi connectivity index (χ4v) is 6.55. The molecule has 1 aliphatic heterocycles. The standard InChI is InChI=1S/C30H31Cl2N3O3/c31-25-12-20(13-26(32)30(25)38)19-3-8-27-23(11-19)28(24(14-33-27)29(37)18-1-2-18)34-21-4-6-22(7-5-21)35-10-9-17(15-35)16-36/h3,8,11-14,16-18,21-22,38H,1-2,4-7,9-10,15H2,(H,33,34). The average molecular weight is 553 g/mol. The van der Waals surface area contributed by atoms with Crippen LogP contribution >= 0.6 is 23.2 Å². The lowest BCUT2D eigenvalue weighted by atomic mass is 9.89. The summed E-state index contributed by atoms with van der Waals surface area (Å²) >= 11 is 12.4. The first-order valence-corrected chi connectivity index (χ1v) is 14.3. The lowest BCUT2D eigenvalue weighted by Gasteiger charge is -2.35. The van der Waals surface area contributed by atoms with E-state index in [9.17, 15) is 14.7 Å². The molecular weight excluding hydrogens is 521 g/mol.